The molecule has 0 spiro atoms. The van der Waals surface area contributed by atoms with Crippen LogP contribution in [-0.2, 0) is 6.18 Å². The number of nitrogens with zero attached hydrogens (tertiary/aromatic N) is 1. The van der Waals surface area contributed by atoms with E-state index in [4.69, 9.17) is 0 Å². The summed E-state index contributed by atoms with van der Waals surface area (Å²) in [6.07, 6.45) is -3.55. The van der Waals surface area contributed by atoms with Crippen LogP contribution in [-0.4, -0.2) is 6.21 Å². The topological polar surface area (TPSA) is 24.4 Å². The van der Waals surface area contributed by atoms with Crippen LogP contribution in [0.3, 0.4) is 0 Å². The molecule has 0 radical (unpaired) electrons. The molecule has 0 amide bonds. The molecule has 2 aromatic carbocycles. The Morgan fingerprint density at radius 1 is 1.00 bits per heavy atom. The SMILES string of the molecule is Fc1ccc(C=NNc2ccccc2C(F)(F)F)c(F)c1. The molecule has 0 saturated heterocycles. The van der Waals surface area contributed by atoms with E-state index in [1.165, 1.54) is 18.2 Å². The van der Waals surface area contributed by atoms with Gasteiger partial charge in [0.05, 0.1) is 17.5 Å². The second-order valence-electron chi connectivity index (χ2n) is 4.08. The summed E-state index contributed by atoms with van der Waals surface area (Å²) in [4.78, 5) is 0. The first-order valence-corrected chi connectivity index (χ1v) is 5.78. The number of alkyl halides is 3. The molecule has 0 saturated carbocycles. The lowest BCUT2D eigenvalue weighted by Crippen LogP contribution is -2.08. The van der Waals surface area contributed by atoms with Crippen molar-refractivity contribution >= 4 is 11.9 Å². The molecule has 21 heavy (non-hydrogen) atoms. The molecule has 0 atom stereocenters. The summed E-state index contributed by atoms with van der Waals surface area (Å²) in [5.74, 6) is -1.61. The largest absolute Gasteiger partial charge is 0.418 e. The van der Waals surface area contributed by atoms with Gasteiger partial charge in [-0.25, -0.2) is 8.78 Å². The number of hydrogen-bond donors (Lipinski definition) is 1. The molecule has 0 aliphatic rings. The minimum Gasteiger partial charge on any atom is -0.278 e. The lowest BCUT2D eigenvalue weighted by Gasteiger charge is -2.11. The van der Waals surface area contributed by atoms with E-state index in [0.29, 0.717) is 6.07 Å². The Hall–Kier alpha value is -2.44. The summed E-state index contributed by atoms with van der Waals surface area (Å²) in [7, 11) is 0. The Bertz CT molecular complexity index is 665. The van der Waals surface area contributed by atoms with Gasteiger partial charge in [0, 0.05) is 11.6 Å². The van der Waals surface area contributed by atoms with Crippen molar-refractivity contribution in [2.75, 3.05) is 5.43 Å². The highest BCUT2D eigenvalue weighted by Crippen LogP contribution is 2.34. The van der Waals surface area contributed by atoms with Gasteiger partial charge in [0.15, 0.2) is 0 Å². The number of hydrogen-bond acceptors (Lipinski definition) is 2. The zero-order valence-corrected chi connectivity index (χ0v) is 10.5. The zero-order chi connectivity index (χ0) is 15.5. The van der Waals surface area contributed by atoms with Gasteiger partial charge in [-0.1, -0.05) is 12.1 Å². The van der Waals surface area contributed by atoms with E-state index >= 15 is 0 Å². The third-order valence-electron chi connectivity index (χ3n) is 2.58. The number of nitrogens with one attached hydrogen (secondary N) is 1. The highest BCUT2D eigenvalue weighted by Gasteiger charge is 2.33. The quantitative estimate of drug-likeness (QED) is 0.506. The summed E-state index contributed by atoms with van der Waals surface area (Å²) in [5.41, 5.74) is 1.00. The van der Waals surface area contributed by atoms with Crippen molar-refractivity contribution in [2.45, 2.75) is 6.18 Å². The van der Waals surface area contributed by atoms with Gasteiger partial charge in [-0.3, -0.25) is 5.43 Å². The normalized spacial score (nSPS) is 11.9. The predicted octanol–water partition coefficient (Wildman–Crippen LogP) is 4.43. The van der Waals surface area contributed by atoms with Crippen LogP contribution in [0.25, 0.3) is 0 Å². The van der Waals surface area contributed by atoms with E-state index in [-0.39, 0.29) is 11.3 Å². The standard InChI is InChI=1S/C14H9F5N2/c15-10-6-5-9(12(16)7-10)8-20-21-13-4-2-1-3-11(13)14(17,18)19/h1-8,21H. The van der Waals surface area contributed by atoms with Gasteiger partial charge in [0.1, 0.15) is 11.6 Å². The van der Waals surface area contributed by atoms with Crippen molar-refractivity contribution in [3.8, 4) is 0 Å². The maximum atomic E-state index is 13.3. The van der Waals surface area contributed by atoms with Crippen molar-refractivity contribution in [1.29, 1.82) is 0 Å². The lowest BCUT2D eigenvalue weighted by molar-refractivity contribution is -0.136. The van der Waals surface area contributed by atoms with Gasteiger partial charge in [-0.15, -0.1) is 0 Å². The minimum atomic E-state index is -4.53. The third kappa shape index (κ3) is 3.77. The molecule has 0 heterocycles. The molecule has 2 aromatic rings. The van der Waals surface area contributed by atoms with E-state index in [9.17, 15) is 22.0 Å². The molecule has 0 unspecified atom stereocenters. The van der Waals surface area contributed by atoms with Crippen LogP contribution in [0.15, 0.2) is 47.6 Å². The average molecular weight is 300 g/mol. The van der Waals surface area contributed by atoms with Crippen molar-refractivity contribution < 1.29 is 22.0 Å². The van der Waals surface area contributed by atoms with Gasteiger partial charge in [-0.2, -0.15) is 18.3 Å². The first kappa shape index (κ1) is 15.0. The minimum absolute atomic E-state index is 0.0478. The van der Waals surface area contributed by atoms with Gasteiger partial charge < -0.3 is 0 Å². The molecule has 110 valence electrons. The van der Waals surface area contributed by atoms with Gasteiger partial charge >= 0.3 is 6.18 Å². The van der Waals surface area contributed by atoms with Gasteiger partial charge in [-0.05, 0) is 24.3 Å². The predicted molar refractivity (Wildman–Crippen MR) is 69.0 cm³/mol. The monoisotopic (exact) mass is 300 g/mol. The van der Waals surface area contributed by atoms with Crippen molar-refractivity contribution in [3.05, 3.63) is 65.2 Å². The average Bonchev–Trinajstić information content (AvgIpc) is 2.41. The van der Waals surface area contributed by atoms with Crippen LogP contribution in [0, 0.1) is 11.6 Å². The van der Waals surface area contributed by atoms with Crippen LogP contribution in [0.2, 0.25) is 0 Å². The molecule has 0 aromatic heterocycles. The molecule has 2 rings (SSSR count). The summed E-state index contributed by atoms with van der Waals surface area (Å²) in [6.45, 7) is 0. The van der Waals surface area contributed by atoms with E-state index in [0.717, 1.165) is 24.4 Å². The molecule has 0 aliphatic carbocycles. The smallest absolute Gasteiger partial charge is 0.278 e. The number of para-hydroxylation sites is 1. The van der Waals surface area contributed by atoms with E-state index < -0.39 is 23.4 Å². The molecule has 2 nitrogen and oxygen atoms in total. The highest BCUT2D eigenvalue weighted by atomic mass is 19.4. The fourth-order valence-corrected chi connectivity index (χ4v) is 1.61. The molecule has 1 N–H and O–H groups in total. The number of benzene rings is 2. The van der Waals surface area contributed by atoms with Crippen LogP contribution >= 0.6 is 0 Å². The van der Waals surface area contributed by atoms with Crippen LogP contribution in [0.5, 0.6) is 0 Å². The van der Waals surface area contributed by atoms with Crippen molar-refractivity contribution in [3.63, 3.8) is 0 Å². The van der Waals surface area contributed by atoms with E-state index in [2.05, 4.69) is 10.5 Å². The summed E-state index contributed by atoms with van der Waals surface area (Å²) < 4.78 is 64.1. The Kier molecular flexibility index (Phi) is 4.21. The summed E-state index contributed by atoms with van der Waals surface area (Å²) in [6, 6.07) is 7.56. The molecule has 0 fully saturated rings. The molecule has 7 heteroatoms. The van der Waals surface area contributed by atoms with Crippen molar-refractivity contribution in [1.82, 2.24) is 0 Å². The van der Waals surface area contributed by atoms with E-state index in [1.807, 2.05) is 0 Å². The molecular weight excluding hydrogens is 291 g/mol. The number of halogens is 5. The zero-order valence-electron chi connectivity index (χ0n) is 10.5. The van der Waals surface area contributed by atoms with Gasteiger partial charge in [0.2, 0.25) is 0 Å². The Labute approximate surface area is 116 Å². The maximum absolute atomic E-state index is 13.3. The highest BCUT2D eigenvalue weighted by molar-refractivity contribution is 5.80. The maximum Gasteiger partial charge on any atom is 0.418 e. The third-order valence-corrected chi connectivity index (χ3v) is 2.58. The Balaban J connectivity index is 2.18. The van der Waals surface area contributed by atoms with Crippen LogP contribution in [0.1, 0.15) is 11.1 Å². The fraction of sp³-hybridized carbons (Fsp3) is 0.0714. The van der Waals surface area contributed by atoms with Gasteiger partial charge in [0.25, 0.3) is 0 Å². The number of rotatable bonds is 3. The molecule has 0 bridgehead atoms. The lowest BCUT2D eigenvalue weighted by atomic mass is 10.2. The van der Waals surface area contributed by atoms with Crippen LogP contribution < -0.4 is 5.43 Å². The molecular formula is C14H9F5N2. The summed E-state index contributed by atoms with van der Waals surface area (Å²) >= 11 is 0. The second-order valence-corrected chi connectivity index (χ2v) is 4.08. The summed E-state index contributed by atoms with van der Waals surface area (Å²) in [5, 5.41) is 3.54. The van der Waals surface area contributed by atoms with Crippen molar-refractivity contribution in [2.24, 2.45) is 5.10 Å². The number of anilines is 1. The Morgan fingerprint density at radius 2 is 1.71 bits per heavy atom. The second kappa shape index (κ2) is 5.90. The fourth-order valence-electron chi connectivity index (χ4n) is 1.61. The first-order valence-electron chi connectivity index (χ1n) is 5.78. The Morgan fingerprint density at radius 3 is 2.38 bits per heavy atom. The molecule has 0 aliphatic heterocycles. The van der Waals surface area contributed by atoms with Crippen LogP contribution in [0.4, 0.5) is 27.6 Å². The number of hydrazone groups is 1. The first-order chi connectivity index (χ1) is 9.88. The van der Waals surface area contributed by atoms with E-state index in [1.54, 1.807) is 0 Å².